The summed E-state index contributed by atoms with van der Waals surface area (Å²) < 4.78 is 13.3. The lowest BCUT2D eigenvalue weighted by atomic mass is 10.2. The molecule has 86 valence electrons. The zero-order valence-corrected chi connectivity index (χ0v) is 10.3. The van der Waals surface area contributed by atoms with Crippen molar-refractivity contribution in [2.75, 3.05) is 5.75 Å². The number of rotatable bonds is 4. The minimum absolute atomic E-state index is 0.0894. The topological polar surface area (TPSA) is 30.0 Å². The van der Waals surface area contributed by atoms with Crippen LogP contribution in [-0.2, 0) is 4.79 Å². The van der Waals surface area contributed by atoms with Gasteiger partial charge in [-0.05, 0) is 12.5 Å². The van der Waals surface area contributed by atoms with Crippen LogP contribution in [0.15, 0.2) is 18.3 Å². The second kappa shape index (κ2) is 6.66. The fourth-order valence-corrected chi connectivity index (χ4v) is 1.75. The summed E-state index contributed by atoms with van der Waals surface area (Å²) in [5.41, 5.74) is 0.410. The predicted molar refractivity (Wildman–Crippen MR) is 66.0 cm³/mol. The fraction of sp³-hybridized carbons (Fsp3) is 0.273. The average molecular weight is 260 g/mol. The summed E-state index contributed by atoms with van der Waals surface area (Å²) >= 11 is 6.78. The van der Waals surface area contributed by atoms with Crippen molar-refractivity contribution in [3.05, 3.63) is 34.9 Å². The number of pyridine rings is 1. The molecule has 1 heterocycles. The number of carbonyl (C=O) groups is 1. The largest absolute Gasteiger partial charge is 0.288 e. The highest BCUT2D eigenvalue weighted by Crippen LogP contribution is 2.16. The molecule has 1 aromatic heterocycles. The number of nitrogens with zero attached hydrogens (tertiary/aromatic N) is 1. The Morgan fingerprint density at radius 3 is 3.12 bits per heavy atom. The van der Waals surface area contributed by atoms with Crippen LogP contribution in [0.4, 0.5) is 4.39 Å². The maximum absolute atomic E-state index is 13.3. The SMILES string of the molecule is CC(=O)SCCC=Cc1ccnc(Cl)c1F. The van der Waals surface area contributed by atoms with E-state index in [0.29, 0.717) is 17.7 Å². The first-order valence-electron chi connectivity index (χ1n) is 4.71. The highest BCUT2D eigenvalue weighted by atomic mass is 35.5. The van der Waals surface area contributed by atoms with E-state index in [0.717, 1.165) is 0 Å². The molecule has 0 fully saturated rings. The van der Waals surface area contributed by atoms with Crippen LogP contribution >= 0.6 is 23.4 Å². The highest BCUT2D eigenvalue weighted by molar-refractivity contribution is 8.13. The van der Waals surface area contributed by atoms with Crippen LogP contribution in [0.2, 0.25) is 5.15 Å². The van der Waals surface area contributed by atoms with Gasteiger partial charge in [-0.25, -0.2) is 9.37 Å². The monoisotopic (exact) mass is 259 g/mol. The summed E-state index contributed by atoms with van der Waals surface area (Å²) in [6.45, 7) is 1.52. The third kappa shape index (κ3) is 4.33. The second-order valence-electron chi connectivity index (χ2n) is 3.04. The van der Waals surface area contributed by atoms with Gasteiger partial charge in [-0.3, -0.25) is 4.79 Å². The third-order valence-corrected chi connectivity index (χ3v) is 2.87. The number of aromatic nitrogens is 1. The van der Waals surface area contributed by atoms with Crippen molar-refractivity contribution in [1.82, 2.24) is 4.98 Å². The molecule has 2 nitrogen and oxygen atoms in total. The Labute approximate surface area is 103 Å². The van der Waals surface area contributed by atoms with Gasteiger partial charge in [0.2, 0.25) is 0 Å². The average Bonchev–Trinajstić information content (AvgIpc) is 2.23. The van der Waals surface area contributed by atoms with E-state index >= 15 is 0 Å². The van der Waals surface area contributed by atoms with Crippen molar-refractivity contribution in [3.8, 4) is 0 Å². The third-order valence-electron chi connectivity index (χ3n) is 1.76. The number of allylic oxidation sites excluding steroid dienone is 1. The van der Waals surface area contributed by atoms with Gasteiger partial charge in [0.25, 0.3) is 0 Å². The molecule has 0 aliphatic rings. The van der Waals surface area contributed by atoms with Gasteiger partial charge in [0.1, 0.15) is 0 Å². The van der Waals surface area contributed by atoms with Gasteiger partial charge in [-0.15, -0.1) is 0 Å². The minimum Gasteiger partial charge on any atom is -0.288 e. The van der Waals surface area contributed by atoms with Crippen molar-refractivity contribution < 1.29 is 9.18 Å². The zero-order valence-electron chi connectivity index (χ0n) is 8.74. The summed E-state index contributed by atoms with van der Waals surface area (Å²) in [7, 11) is 0. The molecule has 0 aliphatic carbocycles. The molecule has 0 aromatic carbocycles. The van der Waals surface area contributed by atoms with Crippen molar-refractivity contribution in [1.29, 1.82) is 0 Å². The number of hydrogen-bond acceptors (Lipinski definition) is 3. The summed E-state index contributed by atoms with van der Waals surface area (Å²) in [4.78, 5) is 14.2. The lowest BCUT2D eigenvalue weighted by Gasteiger charge is -1.97. The molecular formula is C11H11ClFNOS. The normalized spacial score (nSPS) is 10.9. The van der Waals surface area contributed by atoms with E-state index in [9.17, 15) is 9.18 Å². The van der Waals surface area contributed by atoms with Crippen molar-refractivity contribution in [2.45, 2.75) is 13.3 Å². The van der Waals surface area contributed by atoms with E-state index in [1.807, 2.05) is 6.08 Å². The quantitative estimate of drug-likeness (QED) is 0.612. The number of hydrogen-bond donors (Lipinski definition) is 0. The lowest BCUT2D eigenvalue weighted by Crippen LogP contribution is -1.87. The van der Waals surface area contributed by atoms with Crippen molar-refractivity contribution in [2.24, 2.45) is 0 Å². The van der Waals surface area contributed by atoms with Gasteiger partial charge >= 0.3 is 0 Å². The Bertz CT molecular complexity index is 409. The molecule has 0 aliphatic heterocycles. The van der Waals surface area contributed by atoms with Crippen LogP contribution in [0.5, 0.6) is 0 Å². The molecule has 16 heavy (non-hydrogen) atoms. The van der Waals surface area contributed by atoms with E-state index < -0.39 is 5.82 Å². The van der Waals surface area contributed by atoms with E-state index in [1.54, 1.807) is 12.1 Å². The minimum atomic E-state index is -0.514. The van der Waals surface area contributed by atoms with Crippen molar-refractivity contribution >= 4 is 34.6 Å². The first-order valence-corrected chi connectivity index (χ1v) is 6.07. The van der Waals surface area contributed by atoms with E-state index in [4.69, 9.17) is 11.6 Å². The number of halogens is 2. The Morgan fingerprint density at radius 2 is 2.44 bits per heavy atom. The van der Waals surface area contributed by atoms with E-state index in [1.165, 1.54) is 24.9 Å². The molecule has 0 bridgehead atoms. The maximum Gasteiger partial charge on any atom is 0.185 e. The standard InChI is InChI=1S/C11H11ClFNOS/c1-8(15)16-7-3-2-4-9-5-6-14-11(12)10(9)13/h2,4-6H,3,7H2,1H3. The first kappa shape index (κ1) is 13.2. The maximum atomic E-state index is 13.3. The fourth-order valence-electron chi connectivity index (χ4n) is 1.04. The molecule has 0 atom stereocenters. The summed E-state index contributed by atoms with van der Waals surface area (Å²) in [5.74, 6) is 0.186. The van der Waals surface area contributed by atoms with Gasteiger partial charge in [0, 0.05) is 24.4 Å². The number of thioether (sulfide) groups is 1. The summed E-state index contributed by atoms with van der Waals surface area (Å²) in [6.07, 6.45) is 5.62. The van der Waals surface area contributed by atoms with Crippen LogP contribution in [0.1, 0.15) is 18.9 Å². The second-order valence-corrected chi connectivity index (χ2v) is 4.67. The Kier molecular flexibility index (Phi) is 5.49. The molecule has 0 amide bonds. The van der Waals surface area contributed by atoms with Crippen LogP contribution in [0, 0.1) is 5.82 Å². The van der Waals surface area contributed by atoms with Crippen LogP contribution in [-0.4, -0.2) is 15.9 Å². The van der Waals surface area contributed by atoms with Crippen molar-refractivity contribution in [3.63, 3.8) is 0 Å². The van der Waals surface area contributed by atoms with Crippen LogP contribution < -0.4 is 0 Å². The number of carbonyl (C=O) groups excluding carboxylic acids is 1. The van der Waals surface area contributed by atoms with Gasteiger partial charge in [-0.2, -0.15) is 0 Å². The molecule has 1 aromatic rings. The Balaban J connectivity index is 2.50. The van der Waals surface area contributed by atoms with Crippen LogP contribution in [0.3, 0.4) is 0 Å². The molecule has 0 saturated carbocycles. The molecular weight excluding hydrogens is 249 g/mol. The molecule has 5 heteroatoms. The Morgan fingerprint density at radius 1 is 1.69 bits per heavy atom. The highest BCUT2D eigenvalue weighted by Gasteiger charge is 2.03. The lowest BCUT2D eigenvalue weighted by molar-refractivity contribution is -0.109. The smallest absolute Gasteiger partial charge is 0.185 e. The summed E-state index contributed by atoms with van der Waals surface area (Å²) in [6, 6.07) is 1.55. The molecule has 0 radical (unpaired) electrons. The molecule has 1 rings (SSSR count). The molecule has 0 N–H and O–H groups in total. The van der Waals surface area contributed by atoms with Crippen LogP contribution in [0.25, 0.3) is 6.08 Å². The molecule has 0 spiro atoms. The predicted octanol–water partition coefficient (Wildman–Crippen LogP) is 3.56. The zero-order chi connectivity index (χ0) is 12.0. The molecule has 0 unspecified atom stereocenters. The first-order chi connectivity index (χ1) is 7.61. The van der Waals surface area contributed by atoms with E-state index in [2.05, 4.69) is 4.98 Å². The van der Waals surface area contributed by atoms with Gasteiger partial charge in [0.15, 0.2) is 16.1 Å². The Hall–Kier alpha value is -0.870. The summed E-state index contributed by atoms with van der Waals surface area (Å²) in [5, 5.41) is -0.0354. The van der Waals surface area contributed by atoms with E-state index in [-0.39, 0.29) is 10.3 Å². The van der Waals surface area contributed by atoms with Gasteiger partial charge in [0.05, 0.1) is 0 Å². The van der Waals surface area contributed by atoms with Gasteiger partial charge in [-0.1, -0.05) is 35.5 Å². The van der Waals surface area contributed by atoms with Gasteiger partial charge < -0.3 is 0 Å². The molecule has 0 saturated heterocycles.